The van der Waals surface area contributed by atoms with E-state index in [1.807, 2.05) is 0 Å². The predicted molar refractivity (Wildman–Crippen MR) is 127 cm³/mol. The van der Waals surface area contributed by atoms with Gasteiger partial charge >= 0.3 is 6.09 Å². The first-order valence-electron chi connectivity index (χ1n) is 10.5. The monoisotopic (exact) mass is 517 g/mol. The van der Waals surface area contributed by atoms with Crippen LogP contribution in [0, 0.1) is 10.1 Å². The molecule has 0 saturated carbocycles. The Morgan fingerprint density at radius 3 is 2.11 bits per heavy atom. The molecule has 1 aliphatic rings. The average Bonchev–Trinajstić information content (AvgIpc) is 2.85. The highest BCUT2D eigenvalue weighted by atomic mass is 35.5. The topological polar surface area (TPSA) is 119 Å². The Bertz CT molecular complexity index is 1320. The fraction of sp³-hybridized carbons (Fsp3) is 0.174. The molecule has 0 aliphatic carbocycles. The van der Waals surface area contributed by atoms with Crippen LogP contribution in [0.1, 0.15) is 0 Å². The highest BCUT2D eigenvalue weighted by Crippen LogP contribution is 2.26. The van der Waals surface area contributed by atoms with Crippen LogP contribution in [0.25, 0.3) is 0 Å². The van der Waals surface area contributed by atoms with Crippen molar-refractivity contribution in [3.05, 3.63) is 87.9 Å². The molecule has 1 amide bonds. The lowest BCUT2D eigenvalue weighted by molar-refractivity contribution is -0.384. The smallest absolute Gasteiger partial charge is 0.415 e. The molecule has 0 N–H and O–H groups in total. The number of nitrogens with zero attached hydrogens (tertiary/aromatic N) is 3. The highest BCUT2D eigenvalue weighted by Gasteiger charge is 2.31. The molecule has 1 fully saturated rings. The molecule has 35 heavy (non-hydrogen) atoms. The summed E-state index contributed by atoms with van der Waals surface area (Å²) in [6.45, 7) is 0.471. The summed E-state index contributed by atoms with van der Waals surface area (Å²) < 4.78 is 38.3. The summed E-state index contributed by atoms with van der Waals surface area (Å²) in [6.07, 6.45) is -0.654. The maximum Gasteiger partial charge on any atom is 0.415 e. The van der Waals surface area contributed by atoms with Crippen molar-refractivity contribution >= 4 is 33.4 Å². The number of carbonyl (C=O) groups excluding carboxylic acids is 1. The van der Waals surface area contributed by atoms with Crippen LogP contribution in [0.4, 0.5) is 10.5 Å². The van der Waals surface area contributed by atoms with Gasteiger partial charge in [0, 0.05) is 43.3 Å². The zero-order chi connectivity index (χ0) is 25.0. The second-order valence-electron chi connectivity index (χ2n) is 7.54. The van der Waals surface area contributed by atoms with Gasteiger partial charge in [-0.3, -0.25) is 10.1 Å². The molecule has 3 aromatic rings. The lowest BCUT2D eigenvalue weighted by atomic mass is 10.3. The van der Waals surface area contributed by atoms with E-state index in [4.69, 9.17) is 21.1 Å². The van der Waals surface area contributed by atoms with Crippen molar-refractivity contribution in [3.8, 4) is 17.2 Å². The molecule has 0 unspecified atom stereocenters. The summed E-state index contributed by atoms with van der Waals surface area (Å²) >= 11 is 5.95. The zero-order valence-corrected chi connectivity index (χ0v) is 19.8. The number of ether oxygens (including phenoxy) is 2. The van der Waals surface area contributed by atoms with Gasteiger partial charge in [-0.15, -0.1) is 0 Å². The number of sulfonamides is 1. The SMILES string of the molecule is O=C(Oc1ccc([N+](=O)[O-])cc1)N1CCN(S(=O)(=O)c2ccc(Oc3cccc(Cl)c3)cc2)CC1. The van der Waals surface area contributed by atoms with E-state index < -0.39 is 21.0 Å². The maximum atomic E-state index is 13.0. The molecule has 1 heterocycles. The molecule has 0 atom stereocenters. The number of amides is 1. The van der Waals surface area contributed by atoms with Gasteiger partial charge in [0.25, 0.3) is 5.69 Å². The van der Waals surface area contributed by atoms with Crippen molar-refractivity contribution in [2.45, 2.75) is 4.90 Å². The van der Waals surface area contributed by atoms with E-state index in [2.05, 4.69) is 0 Å². The van der Waals surface area contributed by atoms with Gasteiger partial charge in [0.15, 0.2) is 0 Å². The van der Waals surface area contributed by atoms with E-state index in [0.29, 0.717) is 16.5 Å². The summed E-state index contributed by atoms with van der Waals surface area (Å²) in [5.74, 6) is 1.16. The molecule has 4 rings (SSSR count). The quantitative estimate of drug-likeness (QED) is 0.347. The molecule has 182 valence electrons. The van der Waals surface area contributed by atoms with Crippen LogP contribution in [-0.2, 0) is 10.0 Å². The minimum Gasteiger partial charge on any atom is -0.457 e. The lowest BCUT2D eigenvalue weighted by Crippen LogP contribution is -2.51. The first-order valence-corrected chi connectivity index (χ1v) is 12.3. The van der Waals surface area contributed by atoms with Gasteiger partial charge in [-0.2, -0.15) is 4.31 Å². The number of nitro groups is 1. The van der Waals surface area contributed by atoms with Crippen LogP contribution in [0.5, 0.6) is 17.2 Å². The number of hydrogen-bond donors (Lipinski definition) is 0. The maximum absolute atomic E-state index is 13.0. The molecule has 0 bridgehead atoms. The third kappa shape index (κ3) is 5.88. The largest absolute Gasteiger partial charge is 0.457 e. The summed E-state index contributed by atoms with van der Waals surface area (Å²) in [7, 11) is -3.77. The Kier molecular flexibility index (Phi) is 7.20. The van der Waals surface area contributed by atoms with Crippen molar-refractivity contribution < 1.29 is 27.6 Å². The fourth-order valence-electron chi connectivity index (χ4n) is 3.41. The molecule has 1 aliphatic heterocycles. The van der Waals surface area contributed by atoms with Gasteiger partial charge in [0.1, 0.15) is 17.2 Å². The van der Waals surface area contributed by atoms with Crippen LogP contribution in [-0.4, -0.2) is 54.8 Å². The Morgan fingerprint density at radius 1 is 0.886 bits per heavy atom. The molecular formula is C23H20ClN3O7S. The molecule has 3 aromatic carbocycles. The number of benzene rings is 3. The first kappa shape index (κ1) is 24.5. The summed E-state index contributed by atoms with van der Waals surface area (Å²) in [6, 6.07) is 18.0. The van der Waals surface area contributed by atoms with Gasteiger partial charge in [-0.05, 0) is 54.6 Å². The third-order valence-corrected chi connectivity index (χ3v) is 7.39. The molecule has 12 heteroatoms. The predicted octanol–water partition coefficient (Wildman–Crippen LogP) is 4.55. The lowest BCUT2D eigenvalue weighted by Gasteiger charge is -2.33. The molecule has 10 nitrogen and oxygen atoms in total. The Morgan fingerprint density at radius 2 is 1.51 bits per heavy atom. The number of non-ortho nitro benzene ring substituents is 1. The number of nitro benzene ring substituents is 1. The number of carbonyl (C=O) groups is 1. The van der Waals surface area contributed by atoms with E-state index in [0.717, 1.165) is 0 Å². The van der Waals surface area contributed by atoms with Crippen LogP contribution in [0.15, 0.2) is 77.7 Å². The normalized spacial score (nSPS) is 14.4. The van der Waals surface area contributed by atoms with Gasteiger partial charge < -0.3 is 14.4 Å². The number of rotatable bonds is 6. The Balaban J connectivity index is 1.34. The molecular weight excluding hydrogens is 498 g/mol. The van der Waals surface area contributed by atoms with Crippen LogP contribution >= 0.6 is 11.6 Å². The van der Waals surface area contributed by atoms with E-state index in [-0.39, 0.29) is 42.5 Å². The van der Waals surface area contributed by atoms with E-state index >= 15 is 0 Å². The summed E-state index contributed by atoms with van der Waals surface area (Å²) in [5, 5.41) is 11.2. The minimum absolute atomic E-state index is 0.0957. The third-order valence-electron chi connectivity index (χ3n) is 5.24. The number of piperazine rings is 1. The Labute approximate surface area is 206 Å². The van der Waals surface area contributed by atoms with Crippen LogP contribution < -0.4 is 9.47 Å². The van der Waals surface area contributed by atoms with Crippen molar-refractivity contribution in [1.29, 1.82) is 0 Å². The van der Waals surface area contributed by atoms with E-state index in [1.165, 1.54) is 45.6 Å². The van der Waals surface area contributed by atoms with Gasteiger partial charge in [0.05, 0.1) is 9.82 Å². The second kappa shape index (κ2) is 10.3. The average molecular weight is 518 g/mol. The fourth-order valence-corrected chi connectivity index (χ4v) is 5.01. The summed E-state index contributed by atoms with van der Waals surface area (Å²) in [5.41, 5.74) is -0.118. The van der Waals surface area contributed by atoms with Gasteiger partial charge in [0.2, 0.25) is 10.0 Å². The van der Waals surface area contributed by atoms with Crippen molar-refractivity contribution in [2.24, 2.45) is 0 Å². The van der Waals surface area contributed by atoms with Crippen LogP contribution in [0.3, 0.4) is 0 Å². The Hall–Kier alpha value is -3.67. The van der Waals surface area contributed by atoms with Gasteiger partial charge in [-0.25, -0.2) is 13.2 Å². The number of halogens is 1. The zero-order valence-electron chi connectivity index (χ0n) is 18.2. The molecule has 0 radical (unpaired) electrons. The van der Waals surface area contributed by atoms with Crippen LogP contribution in [0.2, 0.25) is 5.02 Å². The summed E-state index contributed by atoms with van der Waals surface area (Å²) in [4.78, 5) is 24.1. The standard InChI is InChI=1S/C23H20ClN3O7S/c24-17-2-1-3-21(16-17)33-19-8-10-22(11-9-19)35(31,32)26-14-12-25(13-15-26)23(28)34-20-6-4-18(5-7-20)27(29)30/h1-11,16H,12-15H2. The van der Waals surface area contributed by atoms with Gasteiger partial charge in [-0.1, -0.05) is 17.7 Å². The second-order valence-corrected chi connectivity index (χ2v) is 9.92. The molecule has 0 aromatic heterocycles. The van der Waals surface area contributed by atoms with E-state index in [1.54, 1.807) is 36.4 Å². The molecule has 0 spiro atoms. The van der Waals surface area contributed by atoms with Crippen molar-refractivity contribution in [3.63, 3.8) is 0 Å². The van der Waals surface area contributed by atoms with Crippen molar-refractivity contribution in [2.75, 3.05) is 26.2 Å². The minimum atomic E-state index is -3.77. The van der Waals surface area contributed by atoms with Crippen molar-refractivity contribution in [1.82, 2.24) is 9.21 Å². The van der Waals surface area contributed by atoms with E-state index in [9.17, 15) is 23.3 Å². The molecule has 1 saturated heterocycles. The number of hydrogen-bond acceptors (Lipinski definition) is 7. The first-order chi connectivity index (χ1) is 16.7. The highest BCUT2D eigenvalue weighted by molar-refractivity contribution is 7.89.